The molecule has 72 heavy (non-hydrogen) atoms. The van der Waals surface area contributed by atoms with Crippen LogP contribution in [0.3, 0.4) is 0 Å². The number of aromatic nitrogens is 9. The second-order valence-corrected chi connectivity index (χ2v) is 19.8. The minimum atomic E-state index is -0.291. The molecular weight excluding hydrogens is 951 g/mol. The number of carbonyl (C=O) groups is 4. The van der Waals surface area contributed by atoms with Gasteiger partial charge in [0.05, 0.1) is 59.7 Å². The zero-order valence-corrected chi connectivity index (χ0v) is 40.6. The number of amidine groups is 1. The number of thioether (sulfide) groups is 1. The number of aliphatic imine (C=N–C) groups is 1. The van der Waals surface area contributed by atoms with Gasteiger partial charge < -0.3 is 16.0 Å². The van der Waals surface area contributed by atoms with Crippen molar-refractivity contribution >= 4 is 79.4 Å². The van der Waals surface area contributed by atoms with Gasteiger partial charge in [-0.2, -0.15) is 10.2 Å². The number of nitrogens with two attached hydrogens (primary N) is 1. The van der Waals surface area contributed by atoms with Crippen molar-refractivity contribution in [1.29, 1.82) is 0 Å². The van der Waals surface area contributed by atoms with Crippen molar-refractivity contribution in [2.75, 3.05) is 16.0 Å². The zero-order valence-electron chi connectivity index (χ0n) is 38.9. The van der Waals surface area contributed by atoms with Gasteiger partial charge in [-0.05, 0) is 110 Å². The van der Waals surface area contributed by atoms with Crippen LogP contribution >= 0.6 is 23.1 Å². The Kier molecular flexibility index (Phi) is 16.1. The first-order chi connectivity index (χ1) is 35.1. The Morgan fingerprint density at radius 2 is 1.25 bits per heavy atom. The van der Waals surface area contributed by atoms with Crippen LogP contribution in [0, 0.1) is 17.8 Å². The predicted octanol–water partition coefficient (Wildman–Crippen LogP) is 4.78. The number of pyridine rings is 3. The van der Waals surface area contributed by atoms with E-state index in [0.29, 0.717) is 57.8 Å². The van der Waals surface area contributed by atoms with E-state index in [9.17, 15) is 19.2 Å². The zero-order chi connectivity index (χ0) is 49.7. The van der Waals surface area contributed by atoms with Crippen LogP contribution in [-0.2, 0) is 57.7 Å². The highest BCUT2D eigenvalue weighted by atomic mass is 32.2. The molecule has 2 saturated carbocycles. The molecule has 0 bridgehead atoms. The van der Waals surface area contributed by atoms with Gasteiger partial charge in [-0.25, -0.2) is 14.8 Å². The molecule has 2 aliphatic carbocycles. The van der Waals surface area contributed by atoms with Crippen molar-refractivity contribution in [1.82, 2.24) is 45.5 Å². The molecule has 2 fully saturated rings. The molecule has 7 aromatic rings. The van der Waals surface area contributed by atoms with Gasteiger partial charge in [0.2, 0.25) is 22.9 Å². The molecule has 2 aliphatic rings. The highest BCUT2D eigenvalue weighted by molar-refractivity contribution is 8.26. The Balaban J connectivity index is 0.748. The molecule has 0 spiro atoms. The van der Waals surface area contributed by atoms with Crippen LogP contribution < -0.4 is 26.7 Å². The fourth-order valence-corrected chi connectivity index (χ4v) is 10.2. The third kappa shape index (κ3) is 14.3. The van der Waals surface area contributed by atoms with Gasteiger partial charge in [0.1, 0.15) is 5.01 Å². The minimum Gasteiger partial charge on any atom is -0.309 e. The highest BCUT2D eigenvalue weighted by Crippen LogP contribution is 2.43. The number of hydrogen-bond acceptors (Lipinski definition) is 16. The van der Waals surface area contributed by atoms with E-state index < -0.39 is 0 Å². The maximum atomic E-state index is 13.1. The largest absolute Gasteiger partial charge is 0.315 e. The van der Waals surface area contributed by atoms with Crippen LogP contribution in [0.5, 0.6) is 0 Å². The molecule has 6 aromatic heterocycles. The average molecular weight is 1000 g/mol. The molecule has 6 N–H and O–H groups in total. The Labute approximate surface area is 422 Å². The van der Waals surface area contributed by atoms with E-state index in [-0.39, 0.29) is 66.3 Å². The monoisotopic (exact) mass is 1000 g/mol. The van der Waals surface area contributed by atoms with E-state index in [1.165, 1.54) is 23.1 Å². The molecule has 0 saturated heterocycles. The third-order valence-corrected chi connectivity index (χ3v) is 13.9. The number of nitrogens with zero attached hydrogens (tertiary/aromatic N) is 10. The lowest BCUT2D eigenvalue weighted by molar-refractivity contribution is -0.375. The summed E-state index contributed by atoms with van der Waals surface area (Å²) in [6.45, 7) is 0. The van der Waals surface area contributed by atoms with Crippen molar-refractivity contribution in [2.45, 2.75) is 70.1 Å². The van der Waals surface area contributed by atoms with Gasteiger partial charge in [-0.15, -0.1) is 20.4 Å². The molecule has 1 aromatic carbocycles. The van der Waals surface area contributed by atoms with Crippen molar-refractivity contribution in [2.24, 2.45) is 28.5 Å². The van der Waals surface area contributed by atoms with E-state index in [0.717, 1.165) is 59.1 Å². The van der Waals surface area contributed by atoms with Gasteiger partial charge in [0, 0.05) is 53.8 Å². The number of hydrogen-bond donors (Lipinski definition) is 5. The fourth-order valence-electron chi connectivity index (χ4n) is 8.39. The quantitative estimate of drug-likeness (QED) is 0.0572. The third-order valence-electron chi connectivity index (χ3n) is 12.1. The van der Waals surface area contributed by atoms with Crippen molar-refractivity contribution < 1.29 is 24.2 Å². The highest BCUT2D eigenvalue weighted by Gasteiger charge is 2.35. The summed E-state index contributed by atoms with van der Waals surface area (Å²) in [4.78, 5) is 71.5. The number of carbonyl (C=O) groups excluding carboxylic acids is 4. The summed E-state index contributed by atoms with van der Waals surface area (Å²) in [5.41, 5.74) is 11.4. The molecule has 19 nitrogen and oxygen atoms in total. The lowest BCUT2D eigenvalue weighted by Crippen LogP contribution is -2.79. The summed E-state index contributed by atoms with van der Waals surface area (Å²) in [6.07, 6.45) is 10.3. The number of nitrogens with one attached hydrogen (secondary N) is 4. The number of benzene rings is 1. The number of rotatable bonds is 18. The molecule has 0 radical (unpaired) electrons. The molecule has 364 valence electrons. The molecule has 6 heterocycles. The molecule has 9 rings (SSSR count). The Hall–Kier alpha value is -8.04. The fraction of sp³-hybridized carbons (Fsp3) is 0.275. The first-order valence-electron chi connectivity index (χ1n) is 23.5. The molecule has 4 amide bonds. The Bertz CT molecular complexity index is 3020. The summed E-state index contributed by atoms with van der Waals surface area (Å²) in [5, 5.41) is 36.4. The van der Waals surface area contributed by atoms with Crippen LogP contribution in [0.4, 0.5) is 22.5 Å². The maximum Gasteiger partial charge on any atom is 0.315 e. The molecule has 0 aliphatic heterocycles. The van der Waals surface area contributed by atoms with Gasteiger partial charge in [0.25, 0.3) is 0 Å². The predicted molar refractivity (Wildman–Crippen MR) is 273 cm³/mol. The normalized spacial score (nSPS) is 17.5. The lowest BCUT2D eigenvalue weighted by Gasteiger charge is -2.35. The van der Waals surface area contributed by atoms with Crippen LogP contribution in [0.15, 0.2) is 127 Å². The van der Waals surface area contributed by atoms with E-state index in [2.05, 4.69) is 66.5 Å². The summed E-state index contributed by atoms with van der Waals surface area (Å²) in [6, 6.07) is 31.2. The molecule has 21 heteroatoms. The smallest absolute Gasteiger partial charge is 0.309 e. The van der Waals surface area contributed by atoms with Crippen LogP contribution in [0.25, 0.3) is 0 Å². The summed E-state index contributed by atoms with van der Waals surface area (Å²) in [7, 11) is 0. The van der Waals surface area contributed by atoms with Crippen LogP contribution in [-0.4, -0.2) is 79.4 Å². The summed E-state index contributed by atoms with van der Waals surface area (Å²) >= 11 is 2.59. The topological polar surface area (TPSA) is 273 Å². The van der Waals surface area contributed by atoms with Gasteiger partial charge >= 0.3 is 11.1 Å². The molecule has 0 atom stereocenters. The van der Waals surface area contributed by atoms with E-state index >= 15 is 0 Å². The first kappa shape index (κ1) is 49.0. The van der Waals surface area contributed by atoms with Gasteiger partial charge in [-0.1, -0.05) is 53.8 Å². The van der Waals surface area contributed by atoms with Gasteiger partial charge in [0.15, 0.2) is 11.6 Å². The van der Waals surface area contributed by atoms with Crippen molar-refractivity contribution in [3.63, 3.8) is 0 Å². The van der Waals surface area contributed by atoms with Crippen LogP contribution in [0.1, 0.15) is 70.6 Å². The number of amides is 4. The summed E-state index contributed by atoms with van der Waals surface area (Å²) in [5.74, 6) is 0.845. The standard InChI is InChI=1S/C51H49N15O4S2/c52-50(59-46(69)27-36-10-4-6-18-53-36)72-49(35-22-32(23-35)24-39-14-16-42(63-61-39)57-44(67)25-31-8-2-1-3-9-31)56-40-13-12-38(55-30-40)29-45(68)58-43-17-15-41(62-64-43)34-20-33(21-34)26-48-65-66-51(71-48)60-47(70)28-37-11-5-7-19-54-37/h1-19,30,32-35H,20-29H2,(H2,52,59,69)(H,57,63,67)(H,58,64,68)(H,60,66,70)/p+1. The average Bonchev–Trinajstić information content (AvgIpc) is 3.79. The Morgan fingerprint density at radius 3 is 1.90 bits per heavy atom. The maximum absolute atomic E-state index is 13.1. The van der Waals surface area contributed by atoms with E-state index in [4.69, 9.17) is 10.7 Å². The van der Waals surface area contributed by atoms with Crippen molar-refractivity contribution in [3.05, 3.63) is 161 Å². The second-order valence-electron chi connectivity index (χ2n) is 17.7. The van der Waals surface area contributed by atoms with E-state index in [1.807, 2.05) is 60.7 Å². The summed E-state index contributed by atoms with van der Waals surface area (Å²) < 4.78 is 0. The van der Waals surface area contributed by atoms with Crippen LogP contribution in [0.2, 0.25) is 0 Å². The Morgan fingerprint density at radius 1 is 0.611 bits per heavy atom. The second kappa shape index (κ2) is 23.7. The molecular formula is C51H50N15O4S2+. The van der Waals surface area contributed by atoms with Gasteiger partial charge in [-0.3, -0.25) is 35.1 Å². The van der Waals surface area contributed by atoms with E-state index in [1.54, 1.807) is 61.1 Å². The SMILES string of the molecule is NC(=[NH+]C(=O)Cc1ccccn1)SC(=Nc1ccc(CC(=O)Nc2ccc(C3CC(Cc4nnc(NC(=O)Cc5ccccn5)s4)C3)nn2)nc1)C1CC(Cc2ccc(NC(=O)Cc3ccccc3)nn2)C1. The first-order valence-corrected chi connectivity index (χ1v) is 25.1. The minimum absolute atomic E-state index is 0.0117. The lowest BCUT2D eigenvalue weighted by atomic mass is 9.72. The van der Waals surface area contributed by atoms with Crippen molar-refractivity contribution in [3.8, 4) is 0 Å². The molecule has 0 unspecified atom stereocenters. The number of anilines is 3.